The highest BCUT2D eigenvalue weighted by molar-refractivity contribution is 5.96. The number of carbonyl (C=O) groups excluding carboxylic acids is 4. The molecular formula is C35H48N6O6. The number of fused-ring (bicyclic) bond motifs is 1. The van der Waals surface area contributed by atoms with Crippen molar-refractivity contribution in [1.82, 2.24) is 26.3 Å². The molecule has 0 unspecified atom stereocenters. The number of nitrogens with two attached hydrogens (primary N) is 1. The summed E-state index contributed by atoms with van der Waals surface area (Å²) in [5.41, 5.74) is 8.69. The zero-order chi connectivity index (χ0) is 34.7. The van der Waals surface area contributed by atoms with Gasteiger partial charge in [-0.2, -0.15) is 0 Å². The zero-order valence-corrected chi connectivity index (χ0v) is 27.7. The van der Waals surface area contributed by atoms with Crippen LogP contribution in [0.5, 0.6) is 0 Å². The van der Waals surface area contributed by atoms with Crippen LogP contribution in [0.1, 0.15) is 58.6 Å². The lowest BCUT2D eigenvalue weighted by Gasteiger charge is -2.26. The number of para-hydroxylation sites is 1. The summed E-state index contributed by atoms with van der Waals surface area (Å²) in [6.45, 7) is 8.96. The maximum Gasteiger partial charge on any atom is 0.326 e. The van der Waals surface area contributed by atoms with Gasteiger partial charge in [-0.05, 0) is 55.2 Å². The maximum absolute atomic E-state index is 13.7. The largest absolute Gasteiger partial charge is 0.480 e. The maximum atomic E-state index is 13.7. The van der Waals surface area contributed by atoms with Gasteiger partial charge in [-0.25, -0.2) is 4.79 Å². The summed E-state index contributed by atoms with van der Waals surface area (Å²) in [7, 11) is 0. The van der Waals surface area contributed by atoms with E-state index < -0.39 is 59.8 Å². The molecule has 0 spiro atoms. The molecule has 254 valence electrons. The van der Waals surface area contributed by atoms with Gasteiger partial charge in [0.05, 0.1) is 6.04 Å². The summed E-state index contributed by atoms with van der Waals surface area (Å²) < 4.78 is 0. The van der Waals surface area contributed by atoms with Crippen LogP contribution in [-0.4, -0.2) is 69.9 Å². The Kier molecular flexibility index (Phi) is 13.5. The fourth-order valence-electron chi connectivity index (χ4n) is 5.31. The van der Waals surface area contributed by atoms with Crippen LogP contribution in [-0.2, 0) is 36.8 Å². The van der Waals surface area contributed by atoms with E-state index in [2.05, 4.69) is 26.3 Å². The summed E-state index contributed by atoms with van der Waals surface area (Å²) in [6.07, 6.45) is 2.64. The first kappa shape index (κ1) is 36.8. The Balaban J connectivity index is 1.80. The van der Waals surface area contributed by atoms with Crippen LogP contribution in [0.4, 0.5) is 0 Å². The third-order valence-electron chi connectivity index (χ3n) is 7.78. The van der Waals surface area contributed by atoms with Gasteiger partial charge in [-0.1, -0.05) is 76.2 Å². The molecular weight excluding hydrogens is 600 g/mol. The number of aliphatic carboxylic acids is 1. The molecule has 0 bridgehead atoms. The van der Waals surface area contributed by atoms with E-state index in [1.54, 1.807) is 6.20 Å². The zero-order valence-electron chi connectivity index (χ0n) is 27.7. The van der Waals surface area contributed by atoms with Crippen LogP contribution in [0.25, 0.3) is 10.9 Å². The average Bonchev–Trinajstić information content (AvgIpc) is 3.42. The smallest absolute Gasteiger partial charge is 0.326 e. The lowest BCUT2D eigenvalue weighted by Crippen LogP contribution is -2.58. The Bertz CT molecular complexity index is 1520. The van der Waals surface area contributed by atoms with Gasteiger partial charge in [-0.3, -0.25) is 19.2 Å². The molecule has 0 aliphatic heterocycles. The van der Waals surface area contributed by atoms with Gasteiger partial charge >= 0.3 is 5.97 Å². The first-order chi connectivity index (χ1) is 22.2. The molecule has 0 radical (unpaired) electrons. The molecule has 0 saturated heterocycles. The number of amides is 4. The first-order valence-corrected chi connectivity index (χ1v) is 16.0. The highest BCUT2D eigenvalue weighted by atomic mass is 16.4. The molecule has 0 aliphatic rings. The average molecular weight is 649 g/mol. The fourth-order valence-corrected chi connectivity index (χ4v) is 5.31. The van der Waals surface area contributed by atoms with Crippen LogP contribution < -0.4 is 27.0 Å². The molecule has 4 amide bonds. The number of carboxylic acids is 1. The summed E-state index contributed by atoms with van der Waals surface area (Å²) >= 11 is 0. The minimum Gasteiger partial charge on any atom is -0.480 e. The number of benzene rings is 2. The van der Waals surface area contributed by atoms with Gasteiger partial charge in [0.25, 0.3) is 0 Å². The van der Waals surface area contributed by atoms with E-state index in [-0.39, 0.29) is 31.1 Å². The second-order valence-electron chi connectivity index (χ2n) is 12.9. The molecule has 12 heteroatoms. The van der Waals surface area contributed by atoms with E-state index >= 15 is 0 Å². The molecule has 1 aromatic heterocycles. The molecule has 47 heavy (non-hydrogen) atoms. The van der Waals surface area contributed by atoms with Crippen molar-refractivity contribution in [3.05, 3.63) is 71.9 Å². The van der Waals surface area contributed by atoms with Gasteiger partial charge in [0, 0.05) is 23.5 Å². The highest BCUT2D eigenvalue weighted by Gasteiger charge is 2.31. The lowest BCUT2D eigenvalue weighted by atomic mass is 9.99. The van der Waals surface area contributed by atoms with Crippen molar-refractivity contribution in [1.29, 1.82) is 0 Å². The number of H-pyrrole nitrogens is 1. The number of rotatable bonds is 17. The Morgan fingerprint density at radius 2 is 1.23 bits per heavy atom. The SMILES string of the molecule is CC(C)C[C@H](NC(=O)[C@H](C)NC(=O)[C@H](Cc1c[nH]c2ccccc12)NC(=O)[C@H](CC(C)C)NC(=O)[C@@H](N)Cc1ccccc1)C(=O)O. The lowest BCUT2D eigenvalue weighted by molar-refractivity contribution is -0.142. The van der Waals surface area contributed by atoms with Gasteiger partial charge in [0.2, 0.25) is 23.6 Å². The Labute approximate surface area is 275 Å². The standard InChI is InChI=1S/C35H48N6O6/c1-20(2)15-28(39-32(43)26(36)17-23-11-7-6-8-12-23)34(45)40-29(18-24-19-37-27-14-10-9-13-25(24)27)33(44)38-22(5)31(42)41-30(35(46)47)16-21(3)4/h6-14,19-22,26,28-30,37H,15-18,36H2,1-5H3,(H,38,44)(H,39,43)(H,40,45)(H,41,42)(H,46,47)/t22-,26-,28-,29-,30-/m0/s1. The van der Waals surface area contributed by atoms with Gasteiger partial charge in [-0.15, -0.1) is 0 Å². The Hall–Kier alpha value is -4.71. The molecule has 12 nitrogen and oxygen atoms in total. The third kappa shape index (κ3) is 11.2. The molecule has 0 aliphatic carbocycles. The van der Waals surface area contributed by atoms with E-state index in [0.717, 1.165) is 22.0 Å². The second-order valence-corrected chi connectivity index (χ2v) is 12.9. The van der Waals surface area contributed by atoms with Crippen molar-refractivity contribution in [2.24, 2.45) is 17.6 Å². The van der Waals surface area contributed by atoms with Crippen molar-refractivity contribution >= 4 is 40.5 Å². The van der Waals surface area contributed by atoms with Crippen molar-refractivity contribution < 1.29 is 29.1 Å². The fraction of sp³-hybridized carbons (Fsp3) is 0.457. The minimum atomic E-state index is -1.17. The summed E-state index contributed by atoms with van der Waals surface area (Å²) in [5.74, 6) is -3.50. The number of hydrogen-bond acceptors (Lipinski definition) is 6. The van der Waals surface area contributed by atoms with Crippen molar-refractivity contribution in [3.8, 4) is 0 Å². The Morgan fingerprint density at radius 3 is 1.87 bits per heavy atom. The van der Waals surface area contributed by atoms with E-state index in [0.29, 0.717) is 6.42 Å². The van der Waals surface area contributed by atoms with Gasteiger partial charge in [0.1, 0.15) is 24.2 Å². The number of nitrogens with one attached hydrogen (secondary N) is 5. The van der Waals surface area contributed by atoms with Crippen LogP contribution >= 0.6 is 0 Å². The number of aromatic amines is 1. The van der Waals surface area contributed by atoms with E-state index in [9.17, 15) is 29.1 Å². The number of carboxylic acid groups (broad SMARTS) is 1. The van der Waals surface area contributed by atoms with Crippen LogP contribution in [0.2, 0.25) is 0 Å². The topological polar surface area (TPSA) is 196 Å². The van der Waals surface area contributed by atoms with E-state index in [1.165, 1.54) is 6.92 Å². The predicted molar refractivity (Wildman–Crippen MR) is 180 cm³/mol. The number of carbonyl (C=O) groups is 5. The highest BCUT2D eigenvalue weighted by Crippen LogP contribution is 2.19. The number of hydrogen-bond donors (Lipinski definition) is 7. The minimum absolute atomic E-state index is 0.0178. The molecule has 0 saturated carbocycles. The molecule has 0 fully saturated rings. The van der Waals surface area contributed by atoms with Gasteiger partial charge < -0.3 is 37.1 Å². The molecule has 2 aromatic carbocycles. The van der Waals surface area contributed by atoms with Crippen molar-refractivity contribution in [3.63, 3.8) is 0 Å². The summed E-state index contributed by atoms with van der Waals surface area (Å²) in [6, 6.07) is 11.6. The first-order valence-electron chi connectivity index (χ1n) is 16.0. The van der Waals surface area contributed by atoms with E-state index in [1.807, 2.05) is 82.3 Å². The summed E-state index contributed by atoms with van der Waals surface area (Å²) in [5, 5.41) is 21.1. The normalized spacial score (nSPS) is 14.6. The monoisotopic (exact) mass is 648 g/mol. The summed E-state index contributed by atoms with van der Waals surface area (Å²) in [4.78, 5) is 68.3. The quantitative estimate of drug-likeness (QED) is 0.117. The molecule has 1 heterocycles. The van der Waals surface area contributed by atoms with Crippen molar-refractivity contribution in [2.45, 2.75) is 90.5 Å². The second kappa shape index (κ2) is 17.3. The molecule has 8 N–H and O–H groups in total. The molecule has 5 atom stereocenters. The molecule has 3 aromatic rings. The number of aromatic nitrogens is 1. The van der Waals surface area contributed by atoms with Crippen LogP contribution in [0, 0.1) is 11.8 Å². The third-order valence-corrected chi connectivity index (χ3v) is 7.78. The van der Waals surface area contributed by atoms with E-state index in [4.69, 9.17) is 5.73 Å². The Morgan fingerprint density at radius 1 is 0.681 bits per heavy atom. The van der Waals surface area contributed by atoms with Gasteiger partial charge in [0.15, 0.2) is 0 Å². The molecule has 3 rings (SSSR count). The predicted octanol–water partition coefficient (Wildman–Crippen LogP) is 2.42. The van der Waals surface area contributed by atoms with Crippen molar-refractivity contribution in [2.75, 3.05) is 0 Å². The van der Waals surface area contributed by atoms with Crippen LogP contribution in [0.3, 0.4) is 0 Å². The van der Waals surface area contributed by atoms with Crippen LogP contribution in [0.15, 0.2) is 60.8 Å².